The van der Waals surface area contributed by atoms with E-state index < -0.39 is 5.41 Å². The van der Waals surface area contributed by atoms with Gasteiger partial charge in [0.1, 0.15) is 5.41 Å². The molecular weight excluding hydrogens is 192 g/mol. The monoisotopic (exact) mass is 208 g/mol. The van der Waals surface area contributed by atoms with E-state index in [-0.39, 0.29) is 29.0 Å². The molecule has 0 N–H and O–H groups in total. The van der Waals surface area contributed by atoms with Crippen LogP contribution in [0.1, 0.15) is 33.1 Å². The Morgan fingerprint density at radius 2 is 2.33 bits per heavy atom. The molecule has 4 fully saturated rings. The molecule has 0 amide bonds. The third kappa shape index (κ3) is 0.734. The normalized spacial score (nSPS) is 50.4. The second-order valence-corrected chi connectivity index (χ2v) is 5.33. The smallest absolute Gasteiger partial charge is 0.320 e. The zero-order valence-electron chi connectivity index (χ0n) is 9.21. The molecule has 0 aromatic carbocycles. The highest BCUT2D eigenvalue weighted by atomic mass is 16.5. The van der Waals surface area contributed by atoms with Crippen LogP contribution < -0.4 is 0 Å². The Balaban J connectivity index is 2.00. The Kier molecular flexibility index (Phi) is 1.53. The van der Waals surface area contributed by atoms with E-state index in [0.29, 0.717) is 6.61 Å². The molecule has 4 rings (SSSR count). The molecule has 0 aromatic heterocycles. The lowest BCUT2D eigenvalue weighted by molar-refractivity contribution is -0.157. The predicted octanol–water partition coefficient (Wildman–Crippen LogP) is 1.55. The second-order valence-electron chi connectivity index (χ2n) is 5.33. The lowest BCUT2D eigenvalue weighted by Gasteiger charge is -2.30. The Labute approximate surface area is 89.2 Å². The topological polar surface area (TPSA) is 43.4 Å². The van der Waals surface area contributed by atoms with E-state index in [0.717, 1.165) is 19.3 Å². The van der Waals surface area contributed by atoms with Crippen LogP contribution in [0.4, 0.5) is 0 Å². The Bertz CT molecular complexity index is 362. The predicted molar refractivity (Wildman–Crippen MR) is 53.0 cm³/mol. The highest BCUT2D eigenvalue weighted by Gasteiger charge is 2.87. The number of ketones is 1. The Morgan fingerprint density at radius 1 is 1.60 bits per heavy atom. The summed E-state index contributed by atoms with van der Waals surface area (Å²) in [5.74, 6) is 0.376. The van der Waals surface area contributed by atoms with Gasteiger partial charge in [-0.15, -0.1) is 0 Å². The minimum atomic E-state index is -0.716. The molecule has 0 spiro atoms. The van der Waals surface area contributed by atoms with Gasteiger partial charge in [-0.3, -0.25) is 9.59 Å². The number of fused-ring (bicyclic) bond motifs is 1. The van der Waals surface area contributed by atoms with Crippen LogP contribution >= 0.6 is 0 Å². The minimum absolute atomic E-state index is 0.0644. The van der Waals surface area contributed by atoms with Gasteiger partial charge in [0.25, 0.3) is 0 Å². The fourth-order valence-electron chi connectivity index (χ4n) is 4.20. The maximum Gasteiger partial charge on any atom is 0.320 e. The quantitative estimate of drug-likeness (QED) is 0.511. The molecule has 82 valence electrons. The third-order valence-electron chi connectivity index (χ3n) is 5.00. The molecular formula is C12H16O3. The molecule has 4 atom stereocenters. The molecule has 0 saturated heterocycles. The van der Waals surface area contributed by atoms with Crippen LogP contribution in [0.2, 0.25) is 0 Å². The van der Waals surface area contributed by atoms with Gasteiger partial charge < -0.3 is 4.74 Å². The van der Waals surface area contributed by atoms with Crippen molar-refractivity contribution in [2.45, 2.75) is 33.1 Å². The zero-order chi connectivity index (χ0) is 10.8. The van der Waals surface area contributed by atoms with Gasteiger partial charge in [0.05, 0.1) is 6.61 Å². The fourth-order valence-corrected chi connectivity index (χ4v) is 4.20. The molecule has 4 saturated carbocycles. The summed E-state index contributed by atoms with van der Waals surface area (Å²) in [4.78, 5) is 24.1. The molecule has 0 heterocycles. The first-order valence-corrected chi connectivity index (χ1v) is 5.80. The number of carbonyl (C=O) groups excluding carboxylic acids is 2. The summed E-state index contributed by atoms with van der Waals surface area (Å²) in [6.07, 6.45) is 2.92. The molecule has 0 unspecified atom stereocenters. The molecule has 4 bridgehead atoms. The van der Waals surface area contributed by atoms with E-state index in [1.165, 1.54) is 0 Å². The lowest BCUT2D eigenvalue weighted by atomic mass is 9.72. The van der Waals surface area contributed by atoms with Crippen LogP contribution in [-0.4, -0.2) is 18.4 Å². The van der Waals surface area contributed by atoms with Crippen LogP contribution in [0.15, 0.2) is 0 Å². The van der Waals surface area contributed by atoms with Crippen LogP contribution in [0.25, 0.3) is 0 Å². The van der Waals surface area contributed by atoms with Crippen molar-refractivity contribution in [3.05, 3.63) is 0 Å². The van der Waals surface area contributed by atoms with Crippen molar-refractivity contribution < 1.29 is 14.3 Å². The number of rotatable bonds is 2. The number of carbonyl (C=O) groups is 2. The van der Waals surface area contributed by atoms with Crippen molar-refractivity contribution in [1.82, 2.24) is 0 Å². The van der Waals surface area contributed by atoms with Crippen molar-refractivity contribution in [2.24, 2.45) is 22.7 Å². The summed E-state index contributed by atoms with van der Waals surface area (Å²) in [6, 6.07) is 0. The molecule has 3 nitrogen and oxygen atoms in total. The summed E-state index contributed by atoms with van der Waals surface area (Å²) >= 11 is 0. The van der Waals surface area contributed by atoms with Crippen molar-refractivity contribution in [2.75, 3.05) is 6.61 Å². The van der Waals surface area contributed by atoms with Gasteiger partial charge in [0, 0.05) is 5.92 Å². The summed E-state index contributed by atoms with van der Waals surface area (Å²) < 4.78 is 5.10. The molecule has 4 aliphatic rings. The molecule has 0 aliphatic heterocycles. The molecule has 3 heteroatoms. The van der Waals surface area contributed by atoms with Gasteiger partial charge in [-0.25, -0.2) is 0 Å². The highest BCUT2D eigenvalue weighted by Crippen LogP contribution is 2.81. The maximum absolute atomic E-state index is 12.2. The highest BCUT2D eigenvalue weighted by molar-refractivity contribution is 6.12. The standard InChI is InChI=1S/C12H16O3/c1-3-15-10(14)12-8-6-7(9(12)13)4-5-11(8,12)2/h7-8H,3-6H2,1-2H3/t7-,8-,11+,12+/m1/s1. The van der Waals surface area contributed by atoms with Gasteiger partial charge in [0.15, 0.2) is 5.78 Å². The van der Waals surface area contributed by atoms with Crippen molar-refractivity contribution in [3.63, 3.8) is 0 Å². The van der Waals surface area contributed by atoms with E-state index in [1.54, 1.807) is 6.92 Å². The summed E-state index contributed by atoms with van der Waals surface area (Å²) in [5, 5.41) is 0. The first-order valence-electron chi connectivity index (χ1n) is 5.80. The van der Waals surface area contributed by atoms with Crippen molar-refractivity contribution in [3.8, 4) is 0 Å². The SMILES string of the molecule is CCOC(=O)[C@]12C(=O)[C@@H]3CC[C@@]1(C)[C@H]2C3. The minimum Gasteiger partial charge on any atom is -0.465 e. The number of hydrogen-bond acceptors (Lipinski definition) is 3. The van der Waals surface area contributed by atoms with E-state index in [4.69, 9.17) is 4.74 Å². The molecule has 0 radical (unpaired) electrons. The Morgan fingerprint density at radius 3 is 2.87 bits per heavy atom. The zero-order valence-corrected chi connectivity index (χ0v) is 9.21. The molecule has 15 heavy (non-hydrogen) atoms. The van der Waals surface area contributed by atoms with E-state index in [9.17, 15) is 9.59 Å². The summed E-state index contributed by atoms with van der Waals surface area (Å²) in [7, 11) is 0. The summed E-state index contributed by atoms with van der Waals surface area (Å²) in [5.41, 5.74) is -0.781. The number of ether oxygens (including phenoxy) is 1. The van der Waals surface area contributed by atoms with Crippen LogP contribution in [0, 0.1) is 22.7 Å². The van der Waals surface area contributed by atoms with Crippen LogP contribution in [0.5, 0.6) is 0 Å². The average Bonchev–Trinajstić information content (AvgIpc) is 2.65. The molecule has 4 aliphatic carbocycles. The van der Waals surface area contributed by atoms with Crippen LogP contribution in [0.3, 0.4) is 0 Å². The van der Waals surface area contributed by atoms with Crippen molar-refractivity contribution >= 4 is 11.8 Å². The second kappa shape index (κ2) is 2.45. The van der Waals surface area contributed by atoms with Crippen molar-refractivity contribution in [1.29, 1.82) is 0 Å². The van der Waals surface area contributed by atoms with Gasteiger partial charge in [-0.05, 0) is 37.5 Å². The molecule has 0 aromatic rings. The lowest BCUT2D eigenvalue weighted by Crippen LogP contribution is -2.38. The van der Waals surface area contributed by atoms with Crippen LogP contribution in [-0.2, 0) is 14.3 Å². The Hall–Kier alpha value is -0.860. The van der Waals surface area contributed by atoms with Gasteiger partial charge >= 0.3 is 5.97 Å². The maximum atomic E-state index is 12.2. The first kappa shape index (κ1) is 9.37. The first-order chi connectivity index (χ1) is 7.09. The van der Waals surface area contributed by atoms with Gasteiger partial charge in [-0.2, -0.15) is 0 Å². The number of hydrogen-bond donors (Lipinski definition) is 0. The number of Topliss-reactive ketones (excluding diaryl/α,β-unsaturated/α-hetero) is 1. The van der Waals surface area contributed by atoms with E-state index in [1.807, 2.05) is 0 Å². The third-order valence-corrected chi connectivity index (χ3v) is 5.00. The largest absolute Gasteiger partial charge is 0.465 e. The van der Waals surface area contributed by atoms with E-state index >= 15 is 0 Å². The summed E-state index contributed by atoms with van der Waals surface area (Å²) in [6.45, 7) is 4.26. The fraction of sp³-hybridized carbons (Fsp3) is 0.833. The average molecular weight is 208 g/mol. The number of esters is 1. The van der Waals surface area contributed by atoms with E-state index in [2.05, 4.69) is 6.92 Å². The van der Waals surface area contributed by atoms with Gasteiger partial charge in [0.2, 0.25) is 0 Å². The van der Waals surface area contributed by atoms with Gasteiger partial charge in [-0.1, -0.05) is 6.92 Å².